The maximum Gasteiger partial charge on any atom is 0.336 e. The van der Waals surface area contributed by atoms with Gasteiger partial charge in [0.25, 0.3) is 0 Å². The second kappa shape index (κ2) is 5.81. The third kappa shape index (κ3) is 3.45. The van der Waals surface area contributed by atoms with E-state index in [4.69, 9.17) is 9.15 Å². The lowest BCUT2D eigenvalue weighted by molar-refractivity contribution is -0.130. The van der Waals surface area contributed by atoms with E-state index in [2.05, 4.69) is 5.32 Å². The average Bonchev–Trinajstić information content (AvgIpc) is 2.45. The maximum atomic E-state index is 12.5. The minimum atomic E-state index is -0.385. The zero-order valence-corrected chi connectivity index (χ0v) is 13.6. The van der Waals surface area contributed by atoms with Crippen molar-refractivity contribution in [3.05, 3.63) is 40.2 Å². The van der Waals surface area contributed by atoms with Gasteiger partial charge < -0.3 is 14.5 Å². The summed E-state index contributed by atoms with van der Waals surface area (Å²) in [6, 6.07) is 6.85. The van der Waals surface area contributed by atoms with Gasteiger partial charge in [-0.2, -0.15) is 0 Å². The number of rotatable bonds is 2. The Morgan fingerprint density at radius 2 is 2.09 bits per heavy atom. The van der Waals surface area contributed by atoms with Crippen LogP contribution in [0.25, 0.3) is 11.0 Å². The zero-order valence-electron chi connectivity index (χ0n) is 13.6. The van der Waals surface area contributed by atoms with Gasteiger partial charge in [-0.3, -0.25) is 4.79 Å². The van der Waals surface area contributed by atoms with Gasteiger partial charge in [-0.1, -0.05) is 0 Å². The molecule has 2 heterocycles. The second-order valence-corrected chi connectivity index (χ2v) is 6.75. The first-order valence-electron chi connectivity index (χ1n) is 7.83. The number of carbonyl (C=O) groups is 1. The van der Waals surface area contributed by atoms with Gasteiger partial charge in [0.05, 0.1) is 5.60 Å². The number of nitrogens with one attached hydrogen (secondary N) is 1. The molecule has 5 nitrogen and oxygen atoms in total. The highest BCUT2D eigenvalue weighted by Gasteiger charge is 2.32. The molecule has 1 amide bonds. The summed E-state index contributed by atoms with van der Waals surface area (Å²) in [5, 5.41) is 3.79. The molecule has 5 heteroatoms. The Morgan fingerprint density at radius 1 is 1.30 bits per heavy atom. The number of amides is 1. The van der Waals surface area contributed by atoms with Crippen LogP contribution in [0, 0.1) is 12.8 Å². The Hall–Kier alpha value is -2.14. The lowest BCUT2D eigenvalue weighted by Crippen LogP contribution is -2.39. The van der Waals surface area contributed by atoms with Gasteiger partial charge >= 0.3 is 5.63 Å². The Morgan fingerprint density at radius 3 is 2.83 bits per heavy atom. The zero-order chi connectivity index (χ0) is 16.6. The third-order valence-electron chi connectivity index (χ3n) is 4.29. The van der Waals surface area contributed by atoms with E-state index in [1.807, 2.05) is 32.9 Å². The normalized spacial score (nSPS) is 20.4. The molecule has 1 unspecified atom stereocenters. The molecule has 122 valence electrons. The minimum absolute atomic E-state index is 0.0178. The molecule has 1 aromatic heterocycles. The predicted molar refractivity (Wildman–Crippen MR) is 88.6 cm³/mol. The van der Waals surface area contributed by atoms with Crippen LogP contribution in [0.1, 0.15) is 32.3 Å². The molecule has 1 aliphatic heterocycles. The van der Waals surface area contributed by atoms with E-state index in [0.717, 1.165) is 17.4 Å². The van der Waals surface area contributed by atoms with Crippen LogP contribution in [0.3, 0.4) is 0 Å². The van der Waals surface area contributed by atoms with Crippen LogP contribution in [-0.4, -0.2) is 18.1 Å². The molecule has 3 rings (SSSR count). The van der Waals surface area contributed by atoms with E-state index in [1.54, 1.807) is 6.07 Å². The topological polar surface area (TPSA) is 68.5 Å². The van der Waals surface area contributed by atoms with Crippen molar-refractivity contribution in [2.75, 3.05) is 11.9 Å². The van der Waals surface area contributed by atoms with E-state index in [-0.39, 0.29) is 23.1 Å². The van der Waals surface area contributed by atoms with E-state index in [1.165, 1.54) is 6.07 Å². The van der Waals surface area contributed by atoms with Crippen LogP contribution >= 0.6 is 0 Å². The largest absolute Gasteiger partial charge is 0.423 e. The number of aryl methyl sites for hydroxylation is 1. The monoisotopic (exact) mass is 315 g/mol. The van der Waals surface area contributed by atoms with Gasteiger partial charge in [0.1, 0.15) is 5.58 Å². The molecule has 1 aliphatic rings. The maximum absolute atomic E-state index is 12.5. The molecule has 0 radical (unpaired) electrons. The van der Waals surface area contributed by atoms with Gasteiger partial charge in [-0.25, -0.2) is 4.79 Å². The van der Waals surface area contributed by atoms with Gasteiger partial charge in [-0.15, -0.1) is 0 Å². The van der Waals surface area contributed by atoms with Gasteiger partial charge in [0, 0.05) is 35.7 Å². The van der Waals surface area contributed by atoms with Crippen molar-refractivity contribution in [2.24, 2.45) is 5.92 Å². The van der Waals surface area contributed by atoms with E-state index in [9.17, 15) is 9.59 Å². The summed E-state index contributed by atoms with van der Waals surface area (Å²) in [5.74, 6) is -0.0883. The van der Waals surface area contributed by atoms with Gasteiger partial charge in [0.15, 0.2) is 0 Å². The van der Waals surface area contributed by atoms with Gasteiger partial charge in [-0.05, 0) is 51.3 Å². The van der Waals surface area contributed by atoms with E-state index in [0.29, 0.717) is 24.3 Å². The van der Waals surface area contributed by atoms with Crippen LogP contribution < -0.4 is 10.9 Å². The second-order valence-electron chi connectivity index (χ2n) is 6.75. The number of benzene rings is 1. The highest BCUT2D eigenvalue weighted by Crippen LogP contribution is 2.30. The highest BCUT2D eigenvalue weighted by atomic mass is 16.5. The lowest BCUT2D eigenvalue weighted by Gasteiger charge is -2.34. The van der Waals surface area contributed by atoms with Crippen LogP contribution in [0.4, 0.5) is 5.69 Å². The standard InChI is InChI=1S/C18H21NO4/c1-11-8-16(20)23-15-9-13(4-5-14(11)15)19-17(21)12-6-7-22-18(2,3)10-12/h4-5,8-9,12H,6-7,10H2,1-3H3,(H,19,21). The summed E-state index contributed by atoms with van der Waals surface area (Å²) in [7, 11) is 0. The Labute approximate surface area is 134 Å². The Balaban J connectivity index is 1.81. The van der Waals surface area contributed by atoms with Crippen molar-refractivity contribution in [1.82, 2.24) is 0 Å². The van der Waals surface area contributed by atoms with Crippen LogP contribution in [0.5, 0.6) is 0 Å². The van der Waals surface area contributed by atoms with Gasteiger partial charge in [0.2, 0.25) is 5.91 Å². The van der Waals surface area contributed by atoms with E-state index >= 15 is 0 Å². The molecular weight excluding hydrogens is 294 g/mol. The first kappa shape index (κ1) is 15.7. The van der Waals surface area contributed by atoms with Crippen LogP contribution in [0.2, 0.25) is 0 Å². The summed E-state index contributed by atoms with van der Waals surface area (Å²) in [5.41, 5.74) is 1.33. The average molecular weight is 315 g/mol. The van der Waals surface area contributed by atoms with Crippen molar-refractivity contribution in [3.63, 3.8) is 0 Å². The fourth-order valence-electron chi connectivity index (χ4n) is 3.10. The number of anilines is 1. The van der Waals surface area contributed by atoms with Crippen LogP contribution in [0.15, 0.2) is 33.5 Å². The molecule has 0 saturated carbocycles. The minimum Gasteiger partial charge on any atom is -0.423 e. The SMILES string of the molecule is Cc1cc(=O)oc2cc(NC(=O)C3CCOC(C)(C)C3)ccc12. The molecule has 1 fully saturated rings. The Kier molecular flexibility index (Phi) is 3.98. The first-order chi connectivity index (χ1) is 10.8. The number of fused-ring (bicyclic) bond motifs is 1. The van der Waals surface area contributed by atoms with Crippen molar-refractivity contribution in [2.45, 2.75) is 39.2 Å². The number of hydrogen-bond acceptors (Lipinski definition) is 4. The first-order valence-corrected chi connectivity index (χ1v) is 7.83. The third-order valence-corrected chi connectivity index (χ3v) is 4.29. The molecule has 0 aliphatic carbocycles. The summed E-state index contributed by atoms with van der Waals surface area (Å²) >= 11 is 0. The van der Waals surface area contributed by atoms with Crippen LogP contribution in [-0.2, 0) is 9.53 Å². The number of carbonyl (C=O) groups excluding carboxylic acids is 1. The fourth-order valence-corrected chi connectivity index (χ4v) is 3.10. The highest BCUT2D eigenvalue weighted by molar-refractivity contribution is 5.95. The van der Waals surface area contributed by atoms with Crippen molar-refractivity contribution < 1.29 is 13.9 Å². The van der Waals surface area contributed by atoms with Crippen molar-refractivity contribution in [1.29, 1.82) is 0 Å². The number of ether oxygens (including phenoxy) is 1. The predicted octanol–water partition coefficient (Wildman–Crippen LogP) is 3.25. The molecule has 0 spiro atoms. The smallest absolute Gasteiger partial charge is 0.336 e. The summed E-state index contributed by atoms with van der Waals surface area (Å²) in [4.78, 5) is 24.0. The quantitative estimate of drug-likeness (QED) is 0.864. The van der Waals surface area contributed by atoms with Crippen molar-refractivity contribution >= 4 is 22.6 Å². The van der Waals surface area contributed by atoms with Crippen molar-refractivity contribution in [3.8, 4) is 0 Å². The lowest BCUT2D eigenvalue weighted by atomic mass is 9.88. The van der Waals surface area contributed by atoms with E-state index < -0.39 is 0 Å². The summed E-state index contributed by atoms with van der Waals surface area (Å²) in [6.07, 6.45) is 1.41. The summed E-state index contributed by atoms with van der Waals surface area (Å²) in [6.45, 7) is 6.46. The Bertz CT molecular complexity index is 806. The molecule has 2 aromatic rings. The molecule has 23 heavy (non-hydrogen) atoms. The fraction of sp³-hybridized carbons (Fsp3) is 0.444. The molecule has 1 saturated heterocycles. The number of hydrogen-bond donors (Lipinski definition) is 1. The summed E-state index contributed by atoms with van der Waals surface area (Å²) < 4.78 is 10.9. The molecule has 1 aromatic carbocycles. The molecule has 1 atom stereocenters. The molecule has 0 bridgehead atoms. The molecule has 1 N–H and O–H groups in total. The molecular formula is C18H21NO4.